The predicted octanol–water partition coefficient (Wildman–Crippen LogP) is 4.74. The van der Waals surface area contributed by atoms with Crippen molar-refractivity contribution < 1.29 is 18.7 Å². The van der Waals surface area contributed by atoms with Crippen LogP contribution in [0.25, 0.3) is 0 Å². The van der Waals surface area contributed by atoms with Gasteiger partial charge >= 0.3 is 0 Å². The smallest absolute Gasteiger partial charge is 0.240 e. The van der Waals surface area contributed by atoms with Crippen LogP contribution in [0.15, 0.2) is 60.7 Å². The fourth-order valence-electron chi connectivity index (χ4n) is 5.39. The highest BCUT2D eigenvalue weighted by Gasteiger charge is 2.38. The summed E-state index contributed by atoms with van der Waals surface area (Å²) in [5.74, 6) is 1.22. The van der Waals surface area contributed by atoms with Crippen LogP contribution in [0.1, 0.15) is 34.7 Å². The maximum atomic E-state index is 14.5. The van der Waals surface area contributed by atoms with E-state index in [2.05, 4.69) is 24.0 Å². The van der Waals surface area contributed by atoms with Crippen LogP contribution in [0.3, 0.4) is 0 Å². The zero-order chi connectivity index (χ0) is 24.5. The van der Waals surface area contributed by atoms with Crippen LogP contribution >= 0.6 is 0 Å². The van der Waals surface area contributed by atoms with Gasteiger partial charge in [-0.3, -0.25) is 9.69 Å². The molecule has 2 heterocycles. The number of amides is 1. The first-order valence-corrected chi connectivity index (χ1v) is 12.1. The fourth-order valence-corrected chi connectivity index (χ4v) is 5.39. The SMILES string of the molecule is COc1cc2c(cc1OC)CN(C(=O)C1Cc3ccccc3CN1Cc1ccccc1F)[C@@H](C)C2. The Labute approximate surface area is 206 Å². The van der Waals surface area contributed by atoms with Crippen LogP contribution in [0.4, 0.5) is 4.39 Å². The van der Waals surface area contributed by atoms with Gasteiger partial charge in [0.2, 0.25) is 5.91 Å². The van der Waals surface area contributed by atoms with Crippen molar-refractivity contribution in [1.29, 1.82) is 0 Å². The Kier molecular flexibility index (Phi) is 6.48. The monoisotopic (exact) mass is 474 g/mol. The lowest BCUT2D eigenvalue weighted by molar-refractivity contribution is -0.141. The number of hydrogen-bond acceptors (Lipinski definition) is 4. The van der Waals surface area contributed by atoms with Gasteiger partial charge in [-0.1, -0.05) is 42.5 Å². The Bertz CT molecular complexity index is 1240. The molecule has 0 fully saturated rings. The minimum absolute atomic E-state index is 0.0422. The summed E-state index contributed by atoms with van der Waals surface area (Å²) in [6, 6.07) is 18.8. The standard InChI is InChI=1S/C29H31FN2O3/c1-19-12-23-14-27(34-2)28(35-3)15-24(23)18-32(19)29(33)26-13-20-8-4-5-9-21(20)16-31(26)17-22-10-6-7-11-25(22)30/h4-11,14-15,19,26H,12-13,16-18H2,1-3H3/t19-,26?/m0/s1. The first-order chi connectivity index (χ1) is 17.0. The first-order valence-electron chi connectivity index (χ1n) is 12.1. The number of ether oxygens (including phenoxy) is 2. The van der Waals surface area contributed by atoms with Crippen LogP contribution in [0.5, 0.6) is 11.5 Å². The minimum atomic E-state index is -0.353. The number of halogens is 1. The summed E-state index contributed by atoms with van der Waals surface area (Å²) in [6.07, 6.45) is 1.36. The Morgan fingerprint density at radius 2 is 1.54 bits per heavy atom. The molecule has 6 heteroatoms. The van der Waals surface area contributed by atoms with E-state index in [1.807, 2.05) is 35.2 Å². The van der Waals surface area contributed by atoms with Crippen molar-refractivity contribution in [1.82, 2.24) is 9.80 Å². The zero-order valence-corrected chi connectivity index (χ0v) is 20.5. The second-order valence-corrected chi connectivity index (χ2v) is 9.48. The summed E-state index contributed by atoms with van der Waals surface area (Å²) < 4.78 is 25.5. The largest absolute Gasteiger partial charge is 0.493 e. The van der Waals surface area contributed by atoms with Crippen LogP contribution in [0, 0.1) is 5.82 Å². The second-order valence-electron chi connectivity index (χ2n) is 9.48. The van der Waals surface area contributed by atoms with E-state index in [0.29, 0.717) is 43.1 Å². The predicted molar refractivity (Wildman–Crippen MR) is 133 cm³/mol. The van der Waals surface area contributed by atoms with E-state index in [9.17, 15) is 9.18 Å². The molecule has 0 aromatic heterocycles. The normalized spacial score (nSPS) is 19.6. The summed E-state index contributed by atoms with van der Waals surface area (Å²) in [5.41, 5.74) is 5.25. The van der Waals surface area contributed by atoms with Gasteiger partial charge in [-0.15, -0.1) is 0 Å². The molecule has 0 saturated carbocycles. The van der Waals surface area contributed by atoms with Gasteiger partial charge in [0.05, 0.1) is 20.3 Å². The molecule has 0 N–H and O–H groups in total. The first kappa shape index (κ1) is 23.4. The third-order valence-electron chi connectivity index (χ3n) is 7.34. The van der Waals surface area contributed by atoms with Crippen molar-refractivity contribution in [3.05, 3.63) is 94.3 Å². The second kappa shape index (κ2) is 9.70. The van der Waals surface area contributed by atoms with E-state index in [0.717, 1.165) is 12.0 Å². The van der Waals surface area contributed by atoms with Crippen LogP contribution in [-0.2, 0) is 37.3 Å². The molecule has 0 aliphatic carbocycles. The molecule has 0 saturated heterocycles. The molecule has 5 nitrogen and oxygen atoms in total. The number of nitrogens with zero attached hydrogens (tertiary/aromatic N) is 2. The zero-order valence-electron chi connectivity index (χ0n) is 20.5. The highest BCUT2D eigenvalue weighted by molar-refractivity contribution is 5.83. The average molecular weight is 475 g/mol. The van der Waals surface area contributed by atoms with Crippen LogP contribution < -0.4 is 9.47 Å². The fraction of sp³-hybridized carbons (Fsp3) is 0.345. The van der Waals surface area contributed by atoms with Gasteiger partial charge in [0.1, 0.15) is 5.82 Å². The quantitative estimate of drug-likeness (QED) is 0.536. The third kappa shape index (κ3) is 4.50. The molecule has 1 unspecified atom stereocenters. The van der Waals surface area contributed by atoms with Gasteiger partial charge in [0.25, 0.3) is 0 Å². The van der Waals surface area contributed by atoms with Gasteiger partial charge in [-0.25, -0.2) is 4.39 Å². The molecule has 2 aliphatic heterocycles. The van der Waals surface area contributed by atoms with E-state index in [-0.39, 0.29) is 23.8 Å². The molecule has 1 amide bonds. The molecule has 0 bridgehead atoms. The van der Waals surface area contributed by atoms with Gasteiger partial charge in [-0.2, -0.15) is 0 Å². The average Bonchev–Trinajstić information content (AvgIpc) is 2.88. The highest BCUT2D eigenvalue weighted by atomic mass is 19.1. The lowest BCUT2D eigenvalue weighted by Gasteiger charge is -2.42. The number of carbonyl (C=O) groups is 1. The molecule has 182 valence electrons. The molecule has 3 aromatic rings. The Morgan fingerprint density at radius 3 is 2.26 bits per heavy atom. The lowest BCUT2D eigenvalue weighted by atomic mass is 9.90. The van der Waals surface area contributed by atoms with E-state index in [1.54, 1.807) is 26.4 Å². The van der Waals surface area contributed by atoms with Crippen molar-refractivity contribution in [3.8, 4) is 11.5 Å². The number of rotatable bonds is 5. The van der Waals surface area contributed by atoms with Gasteiger partial charge in [0.15, 0.2) is 11.5 Å². The van der Waals surface area contributed by atoms with Crippen LogP contribution in [0.2, 0.25) is 0 Å². The maximum Gasteiger partial charge on any atom is 0.240 e. The highest BCUT2D eigenvalue weighted by Crippen LogP contribution is 2.36. The number of carbonyl (C=O) groups excluding carboxylic acids is 1. The Hall–Kier alpha value is -3.38. The third-order valence-corrected chi connectivity index (χ3v) is 7.34. The Morgan fingerprint density at radius 1 is 0.886 bits per heavy atom. The number of hydrogen-bond donors (Lipinski definition) is 0. The molecule has 2 aliphatic rings. The molecule has 2 atom stereocenters. The number of fused-ring (bicyclic) bond motifs is 2. The van der Waals surface area contributed by atoms with E-state index in [1.165, 1.54) is 22.8 Å². The Balaban J connectivity index is 1.45. The molecule has 3 aromatic carbocycles. The van der Waals surface area contributed by atoms with Gasteiger partial charge < -0.3 is 14.4 Å². The molecule has 0 radical (unpaired) electrons. The summed E-state index contributed by atoms with van der Waals surface area (Å²) in [4.78, 5) is 18.2. The van der Waals surface area contributed by atoms with Crippen molar-refractivity contribution in [2.24, 2.45) is 0 Å². The topological polar surface area (TPSA) is 42.0 Å². The summed E-state index contributed by atoms with van der Waals surface area (Å²) in [7, 11) is 3.26. The van der Waals surface area contributed by atoms with Crippen LogP contribution in [-0.4, -0.2) is 42.0 Å². The molecular weight excluding hydrogens is 443 g/mol. The maximum absolute atomic E-state index is 14.5. The van der Waals surface area contributed by atoms with Gasteiger partial charge in [0, 0.05) is 31.2 Å². The van der Waals surface area contributed by atoms with E-state index in [4.69, 9.17) is 9.47 Å². The van der Waals surface area contributed by atoms with Crippen molar-refractivity contribution in [3.63, 3.8) is 0 Å². The van der Waals surface area contributed by atoms with Crippen molar-refractivity contribution >= 4 is 5.91 Å². The summed E-state index contributed by atoms with van der Waals surface area (Å²) >= 11 is 0. The number of methoxy groups -OCH3 is 2. The molecule has 0 spiro atoms. The lowest BCUT2D eigenvalue weighted by Crippen LogP contribution is -2.54. The molecule has 5 rings (SSSR count). The van der Waals surface area contributed by atoms with Crippen molar-refractivity contribution in [2.75, 3.05) is 14.2 Å². The summed E-state index contributed by atoms with van der Waals surface area (Å²) in [6.45, 7) is 3.61. The van der Waals surface area contributed by atoms with E-state index >= 15 is 0 Å². The van der Waals surface area contributed by atoms with Gasteiger partial charge in [-0.05, 0) is 60.2 Å². The number of benzene rings is 3. The van der Waals surface area contributed by atoms with Crippen molar-refractivity contribution in [2.45, 2.75) is 51.5 Å². The summed E-state index contributed by atoms with van der Waals surface area (Å²) in [5, 5.41) is 0. The molecular formula is C29H31FN2O3. The van der Waals surface area contributed by atoms with E-state index < -0.39 is 0 Å². The molecule has 35 heavy (non-hydrogen) atoms. The minimum Gasteiger partial charge on any atom is -0.493 e.